The lowest BCUT2D eigenvalue weighted by atomic mass is 9.95. The minimum Gasteiger partial charge on any atom is -0.493 e. The van der Waals surface area contributed by atoms with Gasteiger partial charge in [0.25, 0.3) is 5.56 Å². The molecule has 0 saturated carbocycles. The third kappa shape index (κ3) is 5.32. The highest BCUT2D eigenvalue weighted by Gasteiger charge is 2.33. The summed E-state index contributed by atoms with van der Waals surface area (Å²) in [5.41, 5.74) is 1.73. The first-order valence-electron chi connectivity index (χ1n) is 11.6. The van der Waals surface area contributed by atoms with Crippen LogP contribution in [0.5, 0.6) is 17.2 Å². The molecular weight excluding hydrogens is 512 g/mol. The Kier molecular flexibility index (Phi) is 7.96. The van der Waals surface area contributed by atoms with Crippen molar-refractivity contribution in [2.24, 2.45) is 4.99 Å². The molecule has 2 aromatic carbocycles. The Morgan fingerprint density at radius 2 is 1.82 bits per heavy atom. The van der Waals surface area contributed by atoms with Crippen LogP contribution < -0.4 is 29.1 Å². The average Bonchev–Trinajstić information content (AvgIpc) is 3.21. The number of carboxylic acids is 1. The van der Waals surface area contributed by atoms with Gasteiger partial charge in [-0.1, -0.05) is 29.5 Å². The van der Waals surface area contributed by atoms with E-state index in [1.54, 1.807) is 62.4 Å². The number of carbonyl (C=O) groups excluding carboxylic acids is 1. The molecule has 11 heteroatoms. The lowest BCUT2D eigenvalue weighted by Crippen LogP contribution is -2.39. The molecule has 1 N–H and O–H groups in total. The number of nitrogens with zero attached hydrogens (tertiary/aromatic N) is 2. The minimum absolute atomic E-state index is 0.171. The SMILES string of the molecule is CCOC(=O)C1=C(C)N=c2s/c(=C\c3ccc(OCC(=O)O)cc3)c(=O)n2[C@H]1c1ccc(OC)c(OC)c1. The quantitative estimate of drug-likeness (QED) is 0.412. The summed E-state index contributed by atoms with van der Waals surface area (Å²) in [5.74, 6) is -0.265. The van der Waals surface area contributed by atoms with E-state index in [0.29, 0.717) is 43.4 Å². The Bertz CT molecular complexity index is 1580. The van der Waals surface area contributed by atoms with Gasteiger partial charge in [-0.05, 0) is 55.3 Å². The lowest BCUT2D eigenvalue weighted by molar-refractivity contribution is -0.140. The molecule has 198 valence electrons. The predicted octanol–water partition coefficient (Wildman–Crippen LogP) is 2.28. The van der Waals surface area contributed by atoms with E-state index in [0.717, 1.165) is 0 Å². The van der Waals surface area contributed by atoms with Gasteiger partial charge in [0.15, 0.2) is 22.9 Å². The zero-order valence-corrected chi connectivity index (χ0v) is 22.0. The number of benzene rings is 2. The van der Waals surface area contributed by atoms with Crippen LogP contribution in [0.4, 0.5) is 0 Å². The smallest absolute Gasteiger partial charge is 0.341 e. The van der Waals surface area contributed by atoms with Gasteiger partial charge in [0, 0.05) is 0 Å². The molecule has 0 amide bonds. The van der Waals surface area contributed by atoms with Crippen molar-refractivity contribution in [2.75, 3.05) is 27.4 Å². The van der Waals surface area contributed by atoms with Crippen LogP contribution in [-0.2, 0) is 14.3 Å². The summed E-state index contributed by atoms with van der Waals surface area (Å²) in [7, 11) is 3.04. The highest BCUT2D eigenvalue weighted by Crippen LogP contribution is 2.36. The number of hydrogen-bond acceptors (Lipinski definition) is 9. The average molecular weight is 539 g/mol. The van der Waals surface area contributed by atoms with Crippen LogP contribution in [0, 0.1) is 0 Å². The summed E-state index contributed by atoms with van der Waals surface area (Å²) >= 11 is 1.20. The van der Waals surface area contributed by atoms with E-state index < -0.39 is 24.6 Å². The number of ether oxygens (including phenoxy) is 4. The Morgan fingerprint density at radius 3 is 2.45 bits per heavy atom. The largest absolute Gasteiger partial charge is 0.493 e. The monoisotopic (exact) mass is 538 g/mol. The van der Waals surface area contributed by atoms with Gasteiger partial charge in [0.2, 0.25) is 0 Å². The molecule has 1 aliphatic rings. The second kappa shape index (κ2) is 11.3. The number of rotatable bonds is 9. The predicted molar refractivity (Wildman–Crippen MR) is 140 cm³/mol. The highest BCUT2D eigenvalue weighted by molar-refractivity contribution is 7.07. The van der Waals surface area contributed by atoms with Gasteiger partial charge in [-0.2, -0.15) is 0 Å². The number of allylic oxidation sites excluding steroid dienone is 1. The van der Waals surface area contributed by atoms with Crippen LogP contribution in [0.1, 0.15) is 31.0 Å². The standard InChI is InChI=1S/C27H26N2O8S/c1-5-36-26(33)23-15(2)28-27-29(24(23)17-8-11-19(34-3)20(13-17)35-4)25(32)21(38-27)12-16-6-9-18(10-7-16)37-14-22(30)31/h6-13,24H,5,14H2,1-4H3,(H,30,31)/b21-12-/t24-/m0/s1. The minimum atomic E-state index is -1.07. The fraction of sp³-hybridized carbons (Fsp3) is 0.259. The maximum atomic E-state index is 13.7. The molecule has 0 radical (unpaired) electrons. The van der Waals surface area contributed by atoms with Crippen molar-refractivity contribution < 1.29 is 33.6 Å². The van der Waals surface area contributed by atoms with Gasteiger partial charge in [-0.25, -0.2) is 14.6 Å². The number of carbonyl (C=O) groups is 2. The Hall–Kier alpha value is -4.38. The fourth-order valence-corrected chi connectivity index (χ4v) is 5.13. The number of aromatic nitrogens is 1. The molecule has 0 unspecified atom stereocenters. The number of hydrogen-bond donors (Lipinski definition) is 1. The summed E-state index contributed by atoms with van der Waals surface area (Å²) in [5, 5.41) is 8.77. The molecule has 0 aliphatic carbocycles. The van der Waals surface area contributed by atoms with Crippen molar-refractivity contribution in [3.05, 3.63) is 84.5 Å². The van der Waals surface area contributed by atoms with Gasteiger partial charge in [-0.3, -0.25) is 9.36 Å². The number of aliphatic carboxylic acids is 1. The molecule has 2 heterocycles. The molecule has 1 aromatic heterocycles. The van der Waals surface area contributed by atoms with E-state index in [-0.39, 0.29) is 17.7 Å². The first-order valence-corrected chi connectivity index (χ1v) is 12.4. The summed E-state index contributed by atoms with van der Waals surface area (Å²) in [6.07, 6.45) is 1.71. The first kappa shape index (κ1) is 26.7. The molecule has 0 fully saturated rings. The summed E-state index contributed by atoms with van der Waals surface area (Å²) in [4.78, 5) is 42.5. The fourth-order valence-electron chi connectivity index (χ4n) is 4.09. The van der Waals surface area contributed by atoms with Gasteiger partial charge in [0.05, 0.1) is 42.7 Å². The van der Waals surface area contributed by atoms with E-state index >= 15 is 0 Å². The topological polar surface area (TPSA) is 126 Å². The zero-order chi connectivity index (χ0) is 27.4. The molecular formula is C27H26N2O8S. The van der Waals surface area contributed by atoms with Crippen LogP contribution in [0.2, 0.25) is 0 Å². The number of esters is 1. The van der Waals surface area contributed by atoms with Crippen molar-refractivity contribution in [3.8, 4) is 17.2 Å². The number of thiazole rings is 1. The Morgan fingerprint density at radius 1 is 1.11 bits per heavy atom. The van der Waals surface area contributed by atoms with Crippen molar-refractivity contribution in [2.45, 2.75) is 19.9 Å². The maximum absolute atomic E-state index is 13.7. The normalized spacial score (nSPS) is 14.9. The maximum Gasteiger partial charge on any atom is 0.341 e. The van der Waals surface area contributed by atoms with Crippen LogP contribution in [0.3, 0.4) is 0 Å². The van der Waals surface area contributed by atoms with Gasteiger partial charge in [0.1, 0.15) is 5.75 Å². The van der Waals surface area contributed by atoms with Gasteiger partial charge < -0.3 is 24.1 Å². The van der Waals surface area contributed by atoms with E-state index in [1.165, 1.54) is 30.1 Å². The second-order valence-corrected chi connectivity index (χ2v) is 9.18. The van der Waals surface area contributed by atoms with Crippen LogP contribution >= 0.6 is 11.3 Å². The number of methoxy groups -OCH3 is 2. The van der Waals surface area contributed by atoms with Crippen LogP contribution in [0.15, 0.2) is 63.5 Å². The van der Waals surface area contributed by atoms with Gasteiger partial charge in [-0.15, -0.1) is 0 Å². The second-order valence-electron chi connectivity index (χ2n) is 8.17. The summed E-state index contributed by atoms with van der Waals surface area (Å²) < 4.78 is 23.2. The van der Waals surface area contributed by atoms with Crippen LogP contribution in [0.25, 0.3) is 6.08 Å². The molecule has 38 heavy (non-hydrogen) atoms. The zero-order valence-electron chi connectivity index (χ0n) is 21.2. The lowest BCUT2D eigenvalue weighted by Gasteiger charge is -2.25. The van der Waals surface area contributed by atoms with Crippen molar-refractivity contribution in [1.29, 1.82) is 0 Å². The molecule has 0 spiro atoms. The Balaban J connectivity index is 1.85. The van der Waals surface area contributed by atoms with Gasteiger partial charge >= 0.3 is 11.9 Å². The van der Waals surface area contributed by atoms with Crippen LogP contribution in [-0.4, -0.2) is 49.0 Å². The number of carboxylic acid groups (broad SMARTS) is 1. The van der Waals surface area contributed by atoms with E-state index in [9.17, 15) is 14.4 Å². The van der Waals surface area contributed by atoms with Crippen molar-refractivity contribution in [1.82, 2.24) is 4.57 Å². The third-order valence-electron chi connectivity index (χ3n) is 5.78. The first-order chi connectivity index (χ1) is 18.3. The summed E-state index contributed by atoms with van der Waals surface area (Å²) in [6, 6.07) is 11.1. The van der Waals surface area contributed by atoms with E-state index in [1.807, 2.05) is 0 Å². The molecule has 0 saturated heterocycles. The molecule has 10 nitrogen and oxygen atoms in total. The summed E-state index contributed by atoms with van der Waals surface area (Å²) in [6.45, 7) is 3.15. The van der Waals surface area contributed by atoms with E-state index in [4.69, 9.17) is 24.1 Å². The molecule has 3 aromatic rings. The number of fused-ring (bicyclic) bond motifs is 1. The Labute approximate surface area is 221 Å². The molecule has 1 aliphatic heterocycles. The molecule has 1 atom stereocenters. The molecule has 4 rings (SSSR count). The molecule has 0 bridgehead atoms. The highest BCUT2D eigenvalue weighted by atomic mass is 32.1. The third-order valence-corrected chi connectivity index (χ3v) is 6.76. The van der Waals surface area contributed by atoms with E-state index in [2.05, 4.69) is 4.99 Å². The van der Waals surface area contributed by atoms with Crippen molar-refractivity contribution in [3.63, 3.8) is 0 Å². The van der Waals surface area contributed by atoms with Crippen molar-refractivity contribution >= 4 is 29.4 Å².